The lowest BCUT2D eigenvalue weighted by atomic mass is 10.2. The minimum absolute atomic E-state index is 0.228. The number of amidine groups is 1. The monoisotopic (exact) mass is 395 g/mol. The minimum Gasteiger partial charge on any atom is -0.387 e. The van der Waals surface area contributed by atoms with Crippen LogP contribution in [0.25, 0.3) is 17.0 Å². The molecular formula is C19H28F2N5P. The van der Waals surface area contributed by atoms with Crippen molar-refractivity contribution in [2.24, 2.45) is 16.6 Å². The first-order valence-electron chi connectivity index (χ1n) is 8.23. The maximum Gasteiger partial charge on any atom is 0.249 e. The van der Waals surface area contributed by atoms with Gasteiger partial charge in [0.1, 0.15) is 5.84 Å². The molecule has 148 valence electrons. The molecule has 0 spiro atoms. The van der Waals surface area contributed by atoms with Gasteiger partial charge < -0.3 is 5.73 Å². The van der Waals surface area contributed by atoms with Gasteiger partial charge >= 0.3 is 0 Å². The number of allylic oxidation sites excluding steroid dienone is 1. The van der Waals surface area contributed by atoms with E-state index in [-0.39, 0.29) is 5.92 Å². The maximum atomic E-state index is 10.3. The summed E-state index contributed by atoms with van der Waals surface area (Å²) in [4.78, 5) is 8.46. The summed E-state index contributed by atoms with van der Waals surface area (Å²) >= 11 is 0. The highest BCUT2D eigenvalue weighted by Gasteiger charge is 2.09. The molecule has 1 atom stereocenters. The first-order valence-corrected chi connectivity index (χ1v) is 8.90. The predicted molar refractivity (Wildman–Crippen MR) is 114 cm³/mol. The molecule has 2 aromatic rings. The van der Waals surface area contributed by atoms with Gasteiger partial charge in [-0.2, -0.15) is 5.10 Å². The minimum atomic E-state index is -2.25. The van der Waals surface area contributed by atoms with Gasteiger partial charge in [-0.25, -0.2) is 18.5 Å². The zero-order valence-electron chi connectivity index (χ0n) is 16.2. The van der Waals surface area contributed by atoms with Gasteiger partial charge in [-0.3, -0.25) is 4.98 Å². The fraction of sp³-hybridized carbons (Fsp3) is 0.316. The number of pyridine rings is 1. The second kappa shape index (κ2) is 12.9. The number of aromatic nitrogens is 3. The van der Waals surface area contributed by atoms with Gasteiger partial charge in [0.25, 0.3) is 0 Å². The van der Waals surface area contributed by atoms with Crippen LogP contribution in [-0.4, -0.2) is 26.8 Å². The van der Waals surface area contributed by atoms with E-state index in [9.17, 15) is 8.78 Å². The summed E-state index contributed by atoms with van der Waals surface area (Å²) in [6.45, 7) is 14.0. The third-order valence-corrected chi connectivity index (χ3v) is 3.11. The largest absolute Gasteiger partial charge is 0.387 e. The maximum absolute atomic E-state index is 10.3. The van der Waals surface area contributed by atoms with Crippen LogP contribution in [0.3, 0.4) is 0 Å². The van der Waals surface area contributed by atoms with E-state index >= 15 is 0 Å². The number of hydrogen-bond acceptors (Lipinski definition) is 3. The first-order chi connectivity index (χ1) is 12.7. The highest BCUT2D eigenvalue weighted by atomic mass is 31.0. The van der Waals surface area contributed by atoms with Crippen LogP contribution in [0.2, 0.25) is 0 Å². The Labute approximate surface area is 162 Å². The Morgan fingerprint density at radius 3 is 2.44 bits per heavy atom. The number of aliphatic imine (C=N–C) groups is 1. The fourth-order valence-electron chi connectivity index (χ4n) is 1.86. The van der Waals surface area contributed by atoms with Crippen molar-refractivity contribution in [3.05, 3.63) is 55.6 Å². The Morgan fingerprint density at radius 1 is 1.37 bits per heavy atom. The molecule has 0 bridgehead atoms. The van der Waals surface area contributed by atoms with Crippen molar-refractivity contribution in [2.45, 2.75) is 33.9 Å². The summed E-state index contributed by atoms with van der Waals surface area (Å²) in [5.74, 6) is 0.840. The van der Waals surface area contributed by atoms with Crippen molar-refractivity contribution in [1.29, 1.82) is 0 Å². The lowest BCUT2D eigenvalue weighted by Crippen LogP contribution is -2.18. The summed E-state index contributed by atoms with van der Waals surface area (Å²) in [6.07, 6.45) is 3.08. The van der Waals surface area contributed by atoms with Gasteiger partial charge in [0, 0.05) is 23.9 Å². The average molecular weight is 395 g/mol. The third-order valence-electron chi connectivity index (χ3n) is 3.11. The van der Waals surface area contributed by atoms with Crippen LogP contribution in [0.4, 0.5) is 8.78 Å². The van der Waals surface area contributed by atoms with Crippen LogP contribution in [0.15, 0.2) is 54.9 Å². The van der Waals surface area contributed by atoms with Gasteiger partial charge in [0.15, 0.2) is 0 Å². The molecular weight excluding hydrogens is 367 g/mol. The lowest BCUT2D eigenvalue weighted by molar-refractivity contribution is 0.251. The molecule has 0 aliphatic heterocycles. The van der Waals surface area contributed by atoms with Gasteiger partial charge in [0.2, 0.25) is 6.17 Å². The lowest BCUT2D eigenvalue weighted by Gasteiger charge is -2.07. The average Bonchev–Trinajstić information content (AvgIpc) is 3.03. The van der Waals surface area contributed by atoms with Crippen LogP contribution in [0.5, 0.6) is 0 Å². The van der Waals surface area contributed by atoms with Gasteiger partial charge in [-0.1, -0.05) is 23.1 Å². The molecule has 1 unspecified atom stereocenters. The second-order valence-corrected chi connectivity index (χ2v) is 6.14. The Morgan fingerprint density at radius 2 is 1.96 bits per heavy atom. The standard InChI is InChI=1S/C16H21N5.C2H4.CH3F2P/c1-11(2)16(17)19-9-13(4)21-15(8-12(3)20-21)14-6-5-7-18-10-14;1-2;2-1(3)4/h5-11H,1-4H3,(H2,17,19);1-2H2;1H,4H2/b13-9+;;. The van der Waals surface area contributed by atoms with E-state index in [1.807, 2.05) is 56.8 Å². The topological polar surface area (TPSA) is 69.1 Å². The summed E-state index contributed by atoms with van der Waals surface area (Å²) in [5, 5.41) is 4.52. The highest BCUT2D eigenvalue weighted by Crippen LogP contribution is 2.22. The molecule has 0 amide bonds. The van der Waals surface area contributed by atoms with Crippen LogP contribution in [0.1, 0.15) is 26.5 Å². The van der Waals surface area contributed by atoms with Crippen LogP contribution in [0, 0.1) is 12.8 Å². The summed E-state index contributed by atoms with van der Waals surface area (Å²) in [5.41, 5.74) is 9.73. The Bertz CT molecular complexity index is 737. The Balaban J connectivity index is 0.000000998. The molecule has 2 aromatic heterocycles. The molecule has 0 saturated heterocycles. The SMILES string of the molecule is C/C(=C\N=C(N)C(C)C)n1nc(C)cc1-c1cccnc1.C=C.FC(F)P. The van der Waals surface area contributed by atoms with Crippen LogP contribution >= 0.6 is 9.24 Å². The number of rotatable bonds is 4. The van der Waals surface area contributed by atoms with Gasteiger partial charge in [0.05, 0.1) is 23.3 Å². The third kappa shape index (κ3) is 9.20. The van der Waals surface area contributed by atoms with E-state index in [1.54, 1.807) is 12.4 Å². The van der Waals surface area contributed by atoms with Crippen molar-refractivity contribution >= 4 is 20.8 Å². The number of nitrogens with zero attached hydrogens (tertiary/aromatic N) is 4. The Hall–Kier alpha value is -2.40. The van der Waals surface area contributed by atoms with Crippen molar-refractivity contribution in [3.8, 4) is 11.3 Å². The zero-order chi connectivity index (χ0) is 21.0. The van der Waals surface area contributed by atoms with E-state index in [0.29, 0.717) is 5.84 Å². The van der Waals surface area contributed by atoms with E-state index < -0.39 is 6.17 Å². The van der Waals surface area contributed by atoms with E-state index in [1.165, 1.54) is 9.24 Å². The second-order valence-electron chi connectivity index (χ2n) is 5.64. The molecule has 0 radical (unpaired) electrons. The van der Waals surface area contributed by atoms with Crippen molar-refractivity contribution < 1.29 is 8.78 Å². The number of hydrogen-bond donors (Lipinski definition) is 1. The van der Waals surface area contributed by atoms with Gasteiger partial charge in [-0.15, -0.1) is 13.2 Å². The van der Waals surface area contributed by atoms with Crippen LogP contribution < -0.4 is 5.73 Å². The van der Waals surface area contributed by atoms with Crippen molar-refractivity contribution in [3.63, 3.8) is 0 Å². The molecule has 5 nitrogen and oxygen atoms in total. The normalized spacial score (nSPS) is 11.6. The zero-order valence-corrected chi connectivity index (χ0v) is 17.4. The molecule has 0 aliphatic carbocycles. The fourth-order valence-corrected chi connectivity index (χ4v) is 1.86. The summed E-state index contributed by atoms with van der Waals surface area (Å²) in [7, 11) is 1.32. The molecule has 0 aliphatic rings. The predicted octanol–water partition coefficient (Wildman–Crippen LogP) is 4.97. The molecule has 8 heteroatoms. The van der Waals surface area contributed by atoms with E-state index in [4.69, 9.17) is 5.73 Å². The highest BCUT2D eigenvalue weighted by molar-refractivity contribution is 7.16. The molecule has 2 N–H and O–H groups in total. The van der Waals surface area contributed by atoms with Crippen molar-refractivity contribution in [2.75, 3.05) is 0 Å². The molecule has 0 aromatic carbocycles. The number of alkyl halides is 2. The quantitative estimate of drug-likeness (QED) is 0.344. The molecule has 2 rings (SSSR count). The summed E-state index contributed by atoms with van der Waals surface area (Å²) in [6, 6.07) is 5.96. The Kier molecular flexibility index (Phi) is 11.7. The van der Waals surface area contributed by atoms with Crippen LogP contribution in [-0.2, 0) is 0 Å². The molecule has 0 saturated carbocycles. The van der Waals surface area contributed by atoms with Crippen molar-refractivity contribution in [1.82, 2.24) is 14.8 Å². The molecule has 27 heavy (non-hydrogen) atoms. The van der Waals surface area contributed by atoms with E-state index in [0.717, 1.165) is 22.6 Å². The first kappa shape index (κ1) is 24.6. The van der Waals surface area contributed by atoms with E-state index in [2.05, 4.69) is 28.2 Å². The number of aryl methyl sites for hydroxylation is 1. The van der Waals surface area contributed by atoms with Gasteiger partial charge in [-0.05, 0) is 32.0 Å². The number of halogens is 2. The molecule has 2 heterocycles. The smallest absolute Gasteiger partial charge is 0.249 e. The number of nitrogens with two attached hydrogens (primary N) is 1. The molecule has 0 fully saturated rings. The summed E-state index contributed by atoms with van der Waals surface area (Å²) < 4.78 is 22.5.